The summed E-state index contributed by atoms with van der Waals surface area (Å²) in [6, 6.07) is 9.85. The number of hydrogen-bond acceptors (Lipinski definition) is 5. The van der Waals surface area contributed by atoms with E-state index in [1.54, 1.807) is 0 Å². The fourth-order valence-electron chi connectivity index (χ4n) is 4.49. The van der Waals surface area contributed by atoms with E-state index in [2.05, 4.69) is 22.9 Å². The Morgan fingerprint density at radius 3 is 1.77 bits per heavy atom. The molecule has 6 nitrogen and oxygen atoms in total. The summed E-state index contributed by atoms with van der Waals surface area (Å²) >= 11 is 3.34. The molecule has 1 rings (SSSR count). The summed E-state index contributed by atoms with van der Waals surface area (Å²) in [7, 11) is -4.11. The number of rotatable bonds is 30. The predicted molar refractivity (Wildman–Crippen MR) is 170 cm³/mol. The molecular weight excluding hydrogens is 591 g/mol. The van der Waals surface area contributed by atoms with Crippen LogP contribution in [-0.2, 0) is 29.7 Å². The van der Waals surface area contributed by atoms with Crippen molar-refractivity contribution in [1.29, 1.82) is 0 Å². The van der Waals surface area contributed by atoms with Gasteiger partial charge in [-0.05, 0) is 24.8 Å². The second-order valence-electron chi connectivity index (χ2n) is 10.8. The molecule has 234 valence electrons. The summed E-state index contributed by atoms with van der Waals surface area (Å²) in [6.45, 7) is 3.76. The fourth-order valence-corrected chi connectivity index (χ4v) is 5.68. The number of halogens is 1. The molecule has 0 saturated heterocycles. The molecule has 0 aromatic heterocycles. The number of ether oxygens (including phenoxy) is 2. The van der Waals surface area contributed by atoms with E-state index in [0.29, 0.717) is 26.2 Å². The Bertz CT molecular complexity index is 708. The van der Waals surface area contributed by atoms with E-state index in [1.165, 1.54) is 89.9 Å². The van der Waals surface area contributed by atoms with Crippen LogP contribution in [0.4, 0.5) is 0 Å². The quantitative estimate of drug-likeness (QED) is 0.0508. The number of unbranched alkanes of at least 4 members (excludes halogenated alkanes) is 16. The molecule has 40 heavy (non-hydrogen) atoms. The zero-order valence-corrected chi connectivity index (χ0v) is 27.7. The molecule has 8 heteroatoms. The van der Waals surface area contributed by atoms with Crippen molar-refractivity contribution in [2.24, 2.45) is 0 Å². The highest BCUT2D eigenvalue weighted by Crippen LogP contribution is 2.43. The second kappa shape index (κ2) is 27.6. The molecule has 0 aliphatic carbocycles. The van der Waals surface area contributed by atoms with Crippen molar-refractivity contribution < 1.29 is 28.0 Å². The van der Waals surface area contributed by atoms with Crippen LogP contribution in [0, 0.1) is 0 Å². The second-order valence-corrected chi connectivity index (χ2v) is 13.0. The number of benzene rings is 1. The monoisotopic (exact) mass is 648 g/mol. The van der Waals surface area contributed by atoms with Crippen LogP contribution >= 0.6 is 23.8 Å². The zero-order valence-electron chi connectivity index (χ0n) is 25.2. The third kappa shape index (κ3) is 24.3. The Kier molecular flexibility index (Phi) is 26.0. The molecule has 0 fully saturated rings. The standard InChI is InChI=1S/C32H58BrO6P/c1-2-3-4-5-6-7-8-9-10-11-12-13-14-15-16-21-26-36-29-32(37-28-31-23-18-17-19-24-31)30-39-40(34,35)38-27-22-20-25-33/h17-19,23-24,32H,2-16,20-22,25-30H2,1H3,(H,34,35). The molecule has 0 amide bonds. The van der Waals surface area contributed by atoms with Crippen molar-refractivity contribution in [3.05, 3.63) is 35.9 Å². The van der Waals surface area contributed by atoms with E-state index in [1.807, 2.05) is 30.3 Å². The van der Waals surface area contributed by atoms with Gasteiger partial charge in [0.15, 0.2) is 0 Å². The average Bonchev–Trinajstić information content (AvgIpc) is 2.96. The van der Waals surface area contributed by atoms with Crippen LogP contribution in [0.25, 0.3) is 0 Å². The van der Waals surface area contributed by atoms with Gasteiger partial charge < -0.3 is 14.4 Å². The Hall–Kier alpha value is -0.270. The van der Waals surface area contributed by atoms with Gasteiger partial charge in [0.05, 0.1) is 26.4 Å². The summed E-state index contributed by atoms with van der Waals surface area (Å²) < 4.78 is 34.3. The van der Waals surface area contributed by atoms with E-state index in [9.17, 15) is 9.46 Å². The molecule has 0 aliphatic rings. The predicted octanol–water partition coefficient (Wildman–Crippen LogP) is 10.2. The van der Waals surface area contributed by atoms with E-state index in [4.69, 9.17) is 18.5 Å². The van der Waals surface area contributed by atoms with Gasteiger partial charge >= 0.3 is 7.82 Å². The molecule has 1 aromatic rings. The van der Waals surface area contributed by atoms with Crippen molar-refractivity contribution in [2.45, 2.75) is 135 Å². The SMILES string of the molecule is CCCCCCCCCCCCCCCCCCOCC(COP(=O)(O)OCCCCBr)OCc1ccccc1. The molecule has 0 spiro atoms. The highest BCUT2D eigenvalue weighted by Gasteiger charge is 2.23. The molecule has 2 unspecified atom stereocenters. The average molecular weight is 650 g/mol. The summed E-state index contributed by atoms with van der Waals surface area (Å²) in [6.07, 6.45) is 22.6. The molecule has 1 N–H and O–H groups in total. The maximum absolute atomic E-state index is 12.2. The maximum atomic E-state index is 12.2. The molecule has 0 radical (unpaired) electrons. The summed E-state index contributed by atoms with van der Waals surface area (Å²) in [5, 5.41) is 0.832. The Balaban J connectivity index is 2.10. The molecule has 0 saturated carbocycles. The molecule has 0 aliphatic heterocycles. The lowest BCUT2D eigenvalue weighted by Gasteiger charge is -2.20. The van der Waals surface area contributed by atoms with Crippen molar-refractivity contribution in [3.63, 3.8) is 0 Å². The first kappa shape index (κ1) is 37.8. The third-order valence-electron chi connectivity index (χ3n) is 6.98. The van der Waals surface area contributed by atoms with Crippen molar-refractivity contribution in [2.75, 3.05) is 31.8 Å². The van der Waals surface area contributed by atoms with Gasteiger partial charge in [0, 0.05) is 11.9 Å². The molecule has 1 aromatic carbocycles. The largest absolute Gasteiger partial charge is 0.472 e. The van der Waals surface area contributed by atoms with Gasteiger partial charge in [-0.2, -0.15) is 0 Å². The number of phosphoric ester groups is 1. The highest BCUT2D eigenvalue weighted by atomic mass is 79.9. The molecule has 0 heterocycles. The van der Waals surface area contributed by atoms with Crippen LogP contribution in [0.5, 0.6) is 0 Å². The zero-order chi connectivity index (χ0) is 29.0. The molecule has 0 bridgehead atoms. The van der Waals surface area contributed by atoms with E-state index >= 15 is 0 Å². The first-order valence-corrected chi connectivity index (χ1v) is 18.6. The van der Waals surface area contributed by atoms with Gasteiger partial charge in [0.2, 0.25) is 0 Å². The highest BCUT2D eigenvalue weighted by molar-refractivity contribution is 9.09. The minimum absolute atomic E-state index is 0.0575. The van der Waals surface area contributed by atoms with Gasteiger partial charge in [0.1, 0.15) is 6.10 Å². The van der Waals surface area contributed by atoms with Gasteiger partial charge in [-0.1, -0.05) is 149 Å². The van der Waals surface area contributed by atoms with Gasteiger partial charge in [-0.3, -0.25) is 9.05 Å². The van der Waals surface area contributed by atoms with Crippen LogP contribution in [0.1, 0.15) is 128 Å². The first-order chi connectivity index (χ1) is 19.6. The number of phosphoric acid groups is 1. The lowest BCUT2D eigenvalue weighted by molar-refractivity contribution is -0.0506. The van der Waals surface area contributed by atoms with E-state index in [0.717, 1.165) is 30.2 Å². The van der Waals surface area contributed by atoms with Crippen molar-refractivity contribution in [3.8, 4) is 0 Å². The topological polar surface area (TPSA) is 74.2 Å². The lowest BCUT2D eigenvalue weighted by Crippen LogP contribution is -2.25. The van der Waals surface area contributed by atoms with Crippen LogP contribution < -0.4 is 0 Å². The minimum Gasteiger partial charge on any atom is -0.379 e. The van der Waals surface area contributed by atoms with E-state index < -0.39 is 13.9 Å². The number of alkyl halides is 1. The van der Waals surface area contributed by atoms with Crippen LogP contribution in [0.2, 0.25) is 0 Å². The normalized spacial score (nSPS) is 13.9. The van der Waals surface area contributed by atoms with Gasteiger partial charge in [0.25, 0.3) is 0 Å². The third-order valence-corrected chi connectivity index (χ3v) is 8.53. The minimum atomic E-state index is -4.11. The smallest absolute Gasteiger partial charge is 0.379 e. The summed E-state index contributed by atoms with van der Waals surface area (Å²) in [5.74, 6) is 0. The lowest BCUT2D eigenvalue weighted by atomic mass is 10.0. The van der Waals surface area contributed by atoms with Crippen LogP contribution in [-0.4, -0.2) is 42.8 Å². The Labute approximate surface area is 254 Å². The Morgan fingerprint density at radius 2 is 1.23 bits per heavy atom. The summed E-state index contributed by atoms with van der Waals surface area (Å²) in [5.41, 5.74) is 1.03. The molecular formula is C32H58BrO6P. The van der Waals surface area contributed by atoms with Gasteiger partial charge in [-0.25, -0.2) is 4.57 Å². The Morgan fingerprint density at radius 1 is 0.700 bits per heavy atom. The molecule has 2 atom stereocenters. The van der Waals surface area contributed by atoms with Crippen molar-refractivity contribution in [1.82, 2.24) is 0 Å². The fraction of sp³-hybridized carbons (Fsp3) is 0.812. The van der Waals surface area contributed by atoms with Crippen molar-refractivity contribution >= 4 is 23.8 Å². The summed E-state index contributed by atoms with van der Waals surface area (Å²) in [4.78, 5) is 9.98. The van der Waals surface area contributed by atoms with Crippen LogP contribution in [0.3, 0.4) is 0 Å². The van der Waals surface area contributed by atoms with Crippen LogP contribution in [0.15, 0.2) is 30.3 Å². The van der Waals surface area contributed by atoms with Gasteiger partial charge in [-0.15, -0.1) is 0 Å². The maximum Gasteiger partial charge on any atom is 0.472 e. The van der Waals surface area contributed by atoms with E-state index in [-0.39, 0.29) is 13.2 Å². The first-order valence-electron chi connectivity index (χ1n) is 16.0. The number of hydrogen-bond donors (Lipinski definition) is 1.